The summed E-state index contributed by atoms with van der Waals surface area (Å²) < 4.78 is 0. The number of aromatic nitrogens is 2. The predicted molar refractivity (Wildman–Crippen MR) is 91.6 cm³/mol. The van der Waals surface area contributed by atoms with Crippen molar-refractivity contribution in [2.75, 3.05) is 0 Å². The van der Waals surface area contributed by atoms with Crippen LogP contribution in [-0.2, 0) is 6.54 Å². The summed E-state index contributed by atoms with van der Waals surface area (Å²) in [6.45, 7) is 0.393. The summed E-state index contributed by atoms with van der Waals surface area (Å²) in [5, 5.41) is 13.0. The minimum Gasteiger partial charge on any atom is -0.508 e. The zero-order chi connectivity index (χ0) is 16.5. The number of nitrogens with zero attached hydrogens (tertiary/aromatic N) is 2. The van der Waals surface area contributed by atoms with Gasteiger partial charge in [-0.15, -0.1) is 0 Å². The number of nitrogens with one attached hydrogen (secondary N) is 1. The number of ketones is 1. The van der Waals surface area contributed by atoms with E-state index < -0.39 is 6.04 Å². The highest BCUT2D eigenvalue weighted by Crippen LogP contribution is 2.21. The van der Waals surface area contributed by atoms with Crippen LogP contribution in [0.1, 0.15) is 21.7 Å². The lowest BCUT2D eigenvalue weighted by Crippen LogP contribution is -2.37. The van der Waals surface area contributed by atoms with Gasteiger partial charge in [-0.05, 0) is 24.3 Å². The van der Waals surface area contributed by atoms with E-state index >= 15 is 0 Å². The molecule has 5 heteroatoms. The predicted octanol–water partition coefficient (Wildman–Crippen LogP) is 2.70. The molecular formula is C19H15N3O2. The largest absolute Gasteiger partial charge is 0.508 e. The van der Waals surface area contributed by atoms with Gasteiger partial charge in [-0.1, -0.05) is 36.4 Å². The first kappa shape index (κ1) is 14.5. The van der Waals surface area contributed by atoms with E-state index in [1.165, 1.54) is 0 Å². The van der Waals surface area contributed by atoms with Gasteiger partial charge in [0.25, 0.3) is 0 Å². The molecule has 2 aromatic carbocycles. The van der Waals surface area contributed by atoms with E-state index in [0.717, 1.165) is 11.1 Å². The standard InChI is InChI=1S/C19H15N3O2/c23-17-8-4-1-5-12(17)11-20-16-10-9-15-18(19(16)24)22-14-7-3-2-6-13(14)21-15/h1-10,16,20,23H,11H2. The van der Waals surface area contributed by atoms with Gasteiger partial charge < -0.3 is 5.11 Å². The molecule has 3 aromatic rings. The molecule has 4 rings (SSSR count). The Morgan fingerprint density at radius 2 is 1.71 bits per heavy atom. The van der Waals surface area contributed by atoms with Gasteiger partial charge in [-0.3, -0.25) is 10.1 Å². The summed E-state index contributed by atoms with van der Waals surface area (Å²) in [4.78, 5) is 21.6. The zero-order valence-electron chi connectivity index (χ0n) is 12.8. The van der Waals surface area contributed by atoms with Crippen LogP contribution in [0.15, 0.2) is 54.6 Å². The van der Waals surface area contributed by atoms with Gasteiger partial charge in [0.05, 0.1) is 22.8 Å². The molecule has 1 aliphatic carbocycles. The van der Waals surface area contributed by atoms with Gasteiger partial charge in [0, 0.05) is 12.1 Å². The molecule has 118 valence electrons. The average molecular weight is 317 g/mol. The molecule has 0 saturated heterocycles. The Kier molecular flexibility index (Phi) is 3.55. The van der Waals surface area contributed by atoms with Crippen molar-refractivity contribution >= 4 is 22.9 Å². The topological polar surface area (TPSA) is 75.1 Å². The van der Waals surface area contributed by atoms with Gasteiger partial charge in [0.1, 0.15) is 11.4 Å². The third-order valence-corrected chi connectivity index (χ3v) is 4.06. The molecule has 0 radical (unpaired) electrons. The number of rotatable bonds is 3. The first-order valence-electron chi connectivity index (χ1n) is 7.72. The number of carbonyl (C=O) groups is 1. The number of hydrogen-bond acceptors (Lipinski definition) is 5. The number of aromatic hydroxyl groups is 1. The maximum absolute atomic E-state index is 12.7. The Labute approximate surface area is 138 Å². The molecule has 5 nitrogen and oxygen atoms in total. The third-order valence-electron chi connectivity index (χ3n) is 4.06. The van der Waals surface area contributed by atoms with Crippen LogP contribution < -0.4 is 5.32 Å². The summed E-state index contributed by atoms with van der Waals surface area (Å²) in [6.07, 6.45) is 3.60. The Morgan fingerprint density at radius 3 is 2.50 bits per heavy atom. The lowest BCUT2D eigenvalue weighted by Gasteiger charge is -2.19. The van der Waals surface area contributed by atoms with Crippen LogP contribution in [0.5, 0.6) is 5.75 Å². The summed E-state index contributed by atoms with van der Waals surface area (Å²) in [7, 11) is 0. The third kappa shape index (κ3) is 2.55. The van der Waals surface area contributed by atoms with Crippen molar-refractivity contribution in [2.45, 2.75) is 12.6 Å². The molecule has 1 aromatic heterocycles. The zero-order valence-corrected chi connectivity index (χ0v) is 12.8. The maximum Gasteiger partial charge on any atom is 0.204 e. The summed E-state index contributed by atoms with van der Waals surface area (Å²) in [6, 6.07) is 14.1. The van der Waals surface area contributed by atoms with Crippen molar-refractivity contribution in [1.82, 2.24) is 15.3 Å². The fourth-order valence-electron chi connectivity index (χ4n) is 2.77. The SMILES string of the molecule is O=C1c2nc3ccccc3nc2C=CC1NCc1ccccc1O. The fourth-order valence-corrected chi connectivity index (χ4v) is 2.77. The Morgan fingerprint density at radius 1 is 1.00 bits per heavy atom. The number of phenols is 1. The lowest BCUT2D eigenvalue weighted by atomic mass is 10.00. The van der Waals surface area contributed by atoms with Gasteiger partial charge in [-0.25, -0.2) is 9.97 Å². The molecule has 24 heavy (non-hydrogen) atoms. The summed E-state index contributed by atoms with van der Waals surface area (Å²) in [5.41, 5.74) is 3.20. The molecule has 1 aliphatic rings. The van der Waals surface area contributed by atoms with E-state index in [1.54, 1.807) is 18.2 Å². The van der Waals surface area contributed by atoms with Gasteiger partial charge in [0.15, 0.2) is 0 Å². The molecule has 1 heterocycles. The number of carbonyl (C=O) groups excluding carboxylic acids is 1. The quantitative estimate of drug-likeness (QED) is 0.777. The monoisotopic (exact) mass is 317 g/mol. The first-order valence-corrected chi connectivity index (χ1v) is 7.72. The number of benzene rings is 2. The van der Waals surface area contributed by atoms with Crippen LogP contribution in [0.4, 0.5) is 0 Å². The maximum atomic E-state index is 12.7. The summed E-state index contributed by atoms with van der Waals surface area (Å²) >= 11 is 0. The van der Waals surface area contributed by atoms with Crippen molar-refractivity contribution < 1.29 is 9.90 Å². The summed E-state index contributed by atoms with van der Waals surface area (Å²) in [5.74, 6) is 0.101. The highest BCUT2D eigenvalue weighted by molar-refractivity contribution is 6.05. The molecular weight excluding hydrogens is 302 g/mol. The Hall–Kier alpha value is -3.05. The minimum absolute atomic E-state index is 0.110. The van der Waals surface area contributed by atoms with E-state index in [1.807, 2.05) is 42.5 Å². The minimum atomic E-state index is -0.479. The number of fused-ring (bicyclic) bond motifs is 2. The Bertz CT molecular complexity index is 966. The second-order valence-corrected chi connectivity index (χ2v) is 5.66. The lowest BCUT2D eigenvalue weighted by molar-refractivity contribution is 0.0955. The normalized spacial score (nSPS) is 16.3. The smallest absolute Gasteiger partial charge is 0.204 e. The van der Waals surface area contributed by atoms with Gasteiger partial charge in [0.2, 0.25) is 5.78 Å². The molecule has 0 amide bonds. The Balaban J connectivity index is 1.60. The van der Waals surface area contributed by atoms with Crippen molar-refractivity contribution in [1.29, 1.82) is 0 Å². The molecule has 1 atom stereocenters. The van der Waals surface area contributed by atoms with Crippen LogP contribution in [0.3, 0.4) is 0 Å². The fraction of sp³-hybridized carbons (Fsp3) is 0.105. The van der Waals surface area contributed by atoms with Gasteiger partial charge in [-0.2, -0.15) is 0 Å². The van der Waals surface area contributed by atoms with Crippen molar-refractivity contribution in [3.05, 3.63) is 71.6 Å². The molecule has 0 bridgehead atoms. The number of hydrogen-bond donors (Lipinski definition) is 2. The molecule has 2 N–H and O–H groups in total. The van der Waals surface area contributed by atoms with E-state index in [-0.39, 0.29) is 11.5 Å². The van der Waals surface area contributed by atoms with E-state index in [9.17, 15) is 9.90 Å². The van der Waals surface area contributed by atoms with E-state index in [4.69, 9.17) is 0 Å². The highest BCUT2D eigenvalue weighted by atomic mass is 16.3. The van der Waals surface area contributed by atoms with Crippen LogP contribution in [0.25, 0.3) is 17.1 Å². The van der Waals surface area contributed by atoms with Crippen molar-refractivity contribution in [3.63, 3.8) is 0 Å². The van der Waals surface area contributed by atoms with Crippen molar-refractivity contribution in [2.24, 2.45) is 0 Å². The average Bonchev–Trinajstić information content (AvgIpc) is 2.61. The molecule has 0 saturated carbocycles. The first-order chi connectivity index (χ1) is 11.7. The number of phenolic OH excluding ortho intramolecular Hbond substituents is 1. The molecule has 1 unspecified atom stereocenters. The van der Waals surface area contributed by atoms with Gasteiger partial charge >= 0.3 is 0 Å². The number of Topliss-reactive ketones (excluding diaryl/α,β-unsaturated/α-hetero) is 1. The molecule has 0 fully saturated rings. The van der Waals surface area contributed by atoms with Crippen LogP contribution >= 0.6 is 0 Å². The van der Waals surface area contributed by atoms with Crippen LogP contribution in [0.2, 0.25) is 0 Å². The molecule has 0 spiro atoms. The van der Waals surface area contributed by atoms with Crippen LogP contribution in [0, 0.1) is 0 Å². The van der Waals surface area contributed by atoms with E-state index in [2.05, 4.69) is 15.3 Å². The molecule has 0 aliphatic heterocycles. The van der Waals surface area contributed by atoms with Crippen LogP contribution in [-0.4, -0.2) is 26.9 Å². The second-order valence-electron chi connectivity index (χ2n) is 5.66. The van der Waals surface area contributed by atoms with E-state index in [0.29, 0.717) is 23.4 Å². The number of para-hydroxylation sites is 3. The highest BCUT2D eigenvalue weighted by Gasteiger charge is 2.26. The van der Waals surface area contributed by atoms with Crippen molar-refractivity contribution in [3.8, 4) is 5.75 Å². The second kappa shape index (κ2) is 5.86.